The fourth-order valence-electron chi connectivity index (χ4n) is 1.85. The van der Waals surface area contributed by atoms with Gasteiger partial charge in [0.1, 0.15) is 11.1 Å². The molecule has 1 aromatic rings. The Morgan fingerprint density at radius 2 is 2.59 bits per heavy atom. The van der Waals surface area contributed by atoms with Crippen LogP contribution in [-0.2, 0) is 16.0 Å². The van der Waals surface area contributed by atoms with Crippen LogP contribution in [0.1, 0.15) is 23.7 Å². The minimum Gasteiger partial charge on any atom is -0.481 e. The smallest absolute Gasteiger partial charge is 0.309 e. The third-order valence-corrected chi connectivity index (χ3v) is 3.76. The molecule has 1 N–H and O–H groups in total. The minimum atomic E-state index is -0.846. The molecule has 0 spiro atoms. The number of aromatic nitrogens is 1. The fourth-order valence-corrected chi connectivity index (χ4v) is 2.70. The molecule has 0 radical (unpaired) electrons. The summed E-state index contributed by atoms with van der Waals surface area (Å²) in [7, 11) is 0. The molecule has 0 aromatic carbocycles. The van der Waals surface area contributed by atoms with Crippen LogP contribution in [0.4, 0.5) is 0 Å². The van der Waals surface area contributed by atoms with Crippen molar-refractivity contribution in [1.82, 2.24) is 9.88 Å². The molecule has 1 aromatic heterocycles. The molecule has 0 aliphatic carbocycles. The van der Waals surface area contributed by atoms with Crippen molar-refractivity contribution in [3.63, 3.8) is 0 Å². The number of carboxylic acid groups (broad SMARTS) is 1. The number of hydrogen-bond acceptors (Lipinski definition) is 5. The molecule has 2 heterocycles. The number of ether oxygens (including phenoxy) is 1. The van der Waals surface area contributed by atoms with Gasteiger partial charge in [-0.05, 0) is 6.54 Å². The molecular weight excluding hydrogens is 240 g/mol. The SMILES string of the molecule is CCN1CCOC(c2nc(CC(=O)O)cs2)C1. The molecule has 1 unspecified atom stereocenters. The first kappa shape index (κ1) is 12.5. The van der Waals surface area contributed by atoms with E-state index >= 15 is 0 Å². The lowest BCUT2D eigenvalue weighted by Crippen LogP contribution is -2.38. The Morgan fingerprint density at radius 3 is 3.29 bits per heavy atom. The van der Waals surface area contributed by atoms with Crippen molar-refractivity contribution in [1.29, 1.82) is 0 Å². The zero-order chi connectivity index (χ0) is 12.3. The number of hydrogen-bond donors (Lipinski definition) is 1. The average molecular weight is 256 g/mol. The van der Waals surface area contributed by atoms with Gasteiger partial charge in [-0.3, -0.25) is 9.69 Å². The van der Waals surface area contributed by atoms with Crippen molar-refractivity contribution in [2.45, 2.75) is 19.4 Å². The zero-order valence-corrected chi connectivity index (χ0v) is 10.6. The normalized spacial score (nSPS) is 21.6. The van der Waals surface area contributed by atoms with Crippen LogP contribution in [0, 0.1) is 0 Å². The van der Waals surface area contributed by atoms with Crippen molar-refractivity contribution in [2.24, 2.45) is 0 Å². The van der Waals surface area contributed by atoms with Crippen LogP contribution < -0.4 is 0 Å². The van der Waals surface area contributed by atoms with E-state index in [0.717, 1.165) is 24.6 Å². The van der Waals surface area contributed by atoms with Crippen LogP contribution in [0.5, 0.6) is 0 Å². The summed E-state index contributed by atoms with van der Waals surface area (Å²) >= 11 is 1.48. The van der Waals surface area contributed by atoms with Crippen LogP contribution in [0.2, 0.25) is 0 Å². The third kappa shape index (κ3) is 3.24. The minimum absolute atomic E-state index is 0.00348. The Morgan fingerprint density at radius 1 is 1.76 bits per heavy atom. The first-order chi connectivity index (χ1) is 8.19. The lowest BCUT2D eigenvalue weighted by molar-refractivity contribution is -0.136. The first-order valence-electron chi connectivity index (χ1n) is 5.69. The second-order valence-electron chi connectivity index (χ2n) is 4.00. The van der Waals surface area contributed by atoms with Gasteiger partial charge in [0.25, 0.3) is 0 Å². The van der Waals surface area contributed by atoms with Crippen LogP contribution in [0.15, 0.2) is 5.38 Å². The third-order valence-electron chi connectivity index (χ3n) is 2.78. The number of aliphatic carboxylic acids is 1. The van der Waals surface area contributed by atoms with Gasteiger partial charge in [-0.2, -0.15) is 0 Å². The molecule has 1 aliphatic heterocycles. The lowest BCUT2D eigenvalue weighted by Gasteiger charge is -2.30. The van der Waals surface area contributed by atoms with Gasteiger partial charge in [-0.15, -0.1) is 11.3 Å². The van der Waals surface area contributed by atoms with E-state index in [1.165, 1.54) is 11.3 Å². The Bertz CT molecular complexity index is 394. The van der Waals surface area contributed by atoms with E-state index in [9.17, 15) is 4.79 Å². The van der Waals surface area contributed by atoms with Gasteiger partial charge >= 0.3 is 5.97 Å². The molecule has 0 amide bonds. The quantitative estimate of drug-likeness (QED) is 0.876. The summed E-state index contributed by atoms with van der Waals surface area (Å²) in [5, 5.41) is 11.4. The summed E-state index contributed by atoms with van der Waals surface area (Å²) in [6.07, 6.45) is -0.0167. The first-order valence-corrected chi connectivity index (χ1v) is 6.57. The molecule has 17 heavy (non-hydrogen) atoms. The standard InChI is InChI=1S/C11H16N2O3S/c1-2-13-3-4-16-9(6-13)11-12-8(7-17-11)5-10(14)15/h7,9H,2-6H2,1H3,(H,14,15). The van der Waals surface area contributed by atoms with Crippen LogP contribution in [0.3, 0.4) is 0 Å². The van der Waals surface area contributed by atoms with Gasteiger partial charge in [0.2, 0.25) is 0 Å². The summed E-state index contributed by atoms with van der Waals surface area (Å²) in [5.74, 6) is -0.846. The number of rotatable bonds is 4. The highest BCUT2D eigenvalue weighted by Crippen LogP contribution is 2.25. The van der Waals surface area contributed by atoms with Crippen molar-refractivity contribution in [3.8, 4) is 0 Å². The number of carboxylic acids is 1. The molecule has 1 atom stereocenters. The highest BCUT2D eigenvalue weighted by Gasteiger charge is 2.23. The monoisotopic (exact) mass is 256 g/mol. The molecule has 0 bridgehead atoms. The molecule has 2 rings (SSSR count). The topological polar surface area (TPSA) is 62.7 Å². The largest absolute Gasteiger partial charge is 0.481 e. The predicted octanol–water partition coefficient (Wildman–Crippen LogP) is 1.16. The van der Waals surface area contributed by atoms with E-state index in [-0.39, 0.29) is 12.5 Å². The maximum atomic E-state index is 10.6. The summed E-state index contributed by atoms with van der Waals surface area (Å²) in [5.41, 5.74) is 0.620. The molecule has 5 nitrogen and oxygen atoms in total. The van der Waals surface area contributed by atoms with Crippen molar-refractivity contribution in [2.75, 3.05) is 26.2 Å². The van der Waals surface area contributed by atoms with E-state index in [2.05, 4.69) is 16.8 Å². The number of morpholine rings is 1. The Balaban J connectivity index is 2.01. The van der Waals surface area contributed by atoms with Gasteiger partial charge in [0.15, 0.2) is 0 Å². The van der Waals surface area contributed by atoms with E-state index in [1.54, 1.807) is 5.38 Å². The summed E-state index contributed by atoms with van der Waals surface area (Å²) < 4.78 is 5.67. The second-order valence-corrected chi connectivity index (χ2v) is 4.89. The van der Waals surface area contributed by atoms with Crippen molar-refractivity contribution < 1.29 is 14.6 Å². The lowest BCUT2D eigenvalue weighted by atomic mass is 10.3. The van der Waals surface area contributed by atoms with Gasteiger partial charge in [0, 0.05) is 18.5 Å². The summed E-state index contributed by atoms with van der Waals surface area (Å²) in [6, 6.07) is 0. The molecule has 1 saturated heterocycles. The molecule has 1 aliphatic rings. The number of nitrogens with zero attached hydrogens (tertiary/aromatic N) is 2. The average Bonchev–Trinajstić information content (AvgIpc) is 2.77. The molecule has 94 valence electrons. The maximum absolute atomic E-state index is 10.6. The fraction of sp³-hybridized carbons (Fsp3) is 0.636. The summed E-state index contributed by atoms with van der Waals surface area (Å²) in [6.45, 7) is 5.65. The van der Waals surface area contributed by atoms with E-state index < -0.39 is 5.97 Å². The number of likely N-dealkylation sites (N-methyl/N-ethyl adjacent to an activating group) is 1. The molecule has 0 saturated carbocycles. The van der Waals surface area contributed by atoms with Crippen molar-refractivity contribution in [3.05, 3.63) is 16.1 Å². The van der Waals surface area contributed by atoms with E-state index in [4.69, 9.17) is 9.84 Å². The second kappa shape index (κ2) is 5.57. The van der Waals surface area contributed by atoms with Crippen LogP contribution >= 0.6 is 11.3 Å². The van der Waals surface area contributed by atoms with E-state index in [0.29, 0.717) is 12.3 Å². The van der Waals surface area contributed by atoms with Gasteiger partial charge in [0.05, 0.1) is 18.7 Å². The Kier molecular flexibility index (Phi) is 4.09. The van der Waals surface area contributed by atoms with Crippen LogP contribution in [0.25, 0.3) is 0 Å². The zero-order valence-electron chi connectivity index (χ0n) is 9.76. The van der Waals surface area contributed by atoms with Gasteiger partial charge in [-0.25, -0.2) is 4.98 Å². The number of thiazole rings is 1. The highest BCUT2D eigenvalue weighted by molar-refractivity contribution is 7.09. The Labute approximate surface area is 104 Å². The molecular formula is C11H16N2O3S. The molecule has 1 fully saturated rings. The van der Waals surface area contributed by atoms with Gasteiger partial charge < -0.3 is 9.84 Å². The molecule has 6 heteroatoms. The van der Waals surface area contributed by atoms with E-state index in [1.807, 2.05) is 0 Å². The highest BCUT2D eigenvalue weighted by atomic mass is 32.1. The summed E-state index contributed by atoms with van der Waals surface area (Å²) in [4.78, 5) is 17.2. The predicted molar refractivity (Wildman–Crippen MR) is 64.3 cm³/mol. The van der Waals surface area contributed by atoms with Crippen LogP contribution in [-0.4, -0.2) is 47.2 Å². The van der Waals surface area contributed by atoms with Crippen molar-refractivity contribution >= 4 is 17.3 Å². The maximum Gasteiger partial charge on any atom is 0.309 e. The number of carbonyl (C=O) groups is 1. The Hall–Kier alpha value is -0.980. The van der Waals surface area contributed by atoms with Gasteiger partial charge in [-0.1, -0.05) is 6.92 Å².